The monoisotopic (exact) mass is 487 g/mol. The van der Waals surface area contributed by atoms with E-state index < -0.39 is 12.1 Å². The number of aliphatic imine (C=N–C) groups is 1. The normalized spacial score (nSPS) is 21.7. The Bertz CT molecular complexity index is 1040. The molecule has 7 nitrogen and oxygen atoms in total. The van der Waals surface area contributed by atoms with Gasteiger partial charge in [-0.3, -0.25) is 24.4 Å². The molecule has 1 heterocycles. The largest absolute Gasteiger partial charge is 0.351 e. The van der Waals surface area contributed by atoms with Crippen molar-refractivity contribution < 1.29 is 9.59 Å². The standard InChI is InChI=1S/C29H37N5O2/c1-3-8-23(19-31-2)27(28(35)32-24-9-5-4-6-10-24)34(29(36)26-11-7-18-33(26)20-30)25-16-14-22(15-17-25)21-12-13-21/h3,8,14-17,19,21,24,26-27H,2,4-7,9-13,18H2,1H3,(H,32,35)/b8-3-,23-19+. The number of carbonyl (C=O) groups is 2. The van der Waals surface area contributed by atoms with Crippen molar-refractivity contribution in [2.45, 2.75) is 88.8 Å². The predicted octanol–water partition coefficient (Wildman–Crippen LogP) is 4.82. The minimum absolute atomic E-state index is 0.0913. The zero-order valence-electron chi connectivity index (χ0n) is 21.2. The number of likely N-dealkylation sites (tertiary alicyclic amines) is 1. The van der Waals surface area contributed by atoms with Gasteiger partial charge in [-0.05, 0) is 75.8 Å². The van der Waals surface area contributed by atoms with E-state index >= 15 is 0 Å². The van der Waals surface area contributed by atoms with Crippen LogP contribution in [-0.4, -0.2) is 48.1 Å². The van der Waals surface area contributed by atoms with Gasteiger partial charge in [0.05, 0.1) is 0 Å². The van der Waals surface area contributed by atoms with Gasteiger partial charge < -0.3 is 5.32 Å². The first-order chi connectivity index (χ1) is 17.6. The molecule has 3 fully saturated rings. The molecule has 1 saturated heterocycles. The first-order valence-corrected chi connectivity index (χ1v) is 13.3. The number of nitrogens with one attached hydrogen (secondary N) is 1. The van der Waals surface area contributed by atoms with Gasteiger partial charge in [0.1, 0.15) is 12.1 Å². The van der Waals surface area contributed by atoms with Crippen LogP contribution in [0.25, 0.3) is 0 Å². The molecule has 0 spiro atoms. The Labute approximate surface area is 214 Å². The minimum Gasteiger partial charge on any atom is -0.351 e. The van der Waals surface area contributed by atoms with Gasteiger partial charge in [0.25, 0.3) is 5.91 Å². The van der Waals surface area contributed by atoms with Crippen LogP contribution in [-0.2, 0) is 9.59 Å². The van der Waals surface area contributed by atoms with E-state index in [0.29, 0.717) is 30.1 Å². The topological polar surface area (TPSA) is 88.8 Å². The highest BCUT2D eigenvalue weighted by atomic mass is 16.2. The Morgan fingerprint density at radius 3 is 2.47 bits per heavy atom. The third-order valence-corrected chi connectivity index (χ3v) is 7.50. The molecule has 1 aliphatic heterocycles. The second-order valence-corrected chi connectivity index (χ2v) is 10.1. The molecule has 36 heavy (non-hydrogen) atoms. The van der Waals surface area contributed by atoms with Crippen LogP contribution in [0.2, 0.25) is 0 Å². The predicted molar refractivity (Wildman–Crippen MR) is 142 cm³/mol. The van der Waals surface area contributed by atoms with Crippen LogP contribution in [0.4, 0.5) is 5.69 Å². The molecule has 190 valence electrons. The first-order valence-electron chi connectivity index (χ1n) is 13.3. The van der Waals surface area contributed by atoms with E-state index in [4.69, 9.17) is 0 Å². The molecule has 3 aliphatic rings. The molecule has 2 amide bonds. The van der Waals surface area contributed by atoms with Crippen molar-refractivity contribution in [3.63, 3.8) is 0 Å². The summed E-state index contributed by atoms with van der Waals surface area (Å²) < 4.78 is 0. The van der Waals surface area contributed by atoms with Gasteiger partial charge in [0.2, 0.25) is 5.91 Å². The molecule has 2 unspecified atom stereocenters. The molecular weight excluding hydrogens is 450 g/mol. The third-order valence-electron chi connectivity index (χ3n) is 7.50. The number of amides is 2. The average molecular weight is 488 g/mol. The molecule has 0 aromatic heterocycles. The lowest BCUT2D eigenvalue weighted by Crippen LogP contribution is -2.56. The van der Waals surface area contributed by atoms with E-state index in [-0.39, 0.29) is 17.9 Å². The van der Waals surface area contributed by atoms with Crippen molar-refractivity contribution in [3.8, 4) is 6.19 Å². The van der Waals surface area contributed by atoms with Crippen LogP contribution in [0.1, 0.15) is 76.2 Å². The Morgan fingerprint density at radius 2 is 1.86 bits per heavy atom. The Hall–Kier alpha value is -3.40. The summed E-state index contributed by atoms with van der Waals surface area (Å²) in [6, 6.07) is 6.57. The van der Waals surface area contributed by atoms with Crippen LogP contribution in [0, 0.1) is 11.5 Å². The Morgan fingerprint density at radius 1 is 1.14 bits per heavy atom. The summed E-state index contributed by atoms with van der Waals surface area (Å²) in [6.45, 7) is 6.03. The molecule has 4 rings (SSSR count). The zero-order valence-corrected chi connectivity index (χ0v) is 21.2. The maximum Gasteiger partial charge on any atom is 0.251 e. The quantitative estimate of drug-likeness (QED) is 0.307. The number of nitrogens with zero attached hydrogens (tertiary/aromatic N) is 4. The fraction of sp³-hybridized carbons (Fsp3) is 0.517. The molecular formula is C29H37N5O2. The highest BCUT2D eigenvalue weighted by Crippen LogP contribution is 2.40. The maximum atomic E-state index is 14.2. The van der Waals surface area contributed by atoms with Crippen LogP contribution in [0.3, 0.4) is 0 Å². The van der Waals surface area contributed by atoms with Crippen molar-refractivity contribution in [1.29, 1.82) is 5.26 Å². The Balaban J connectivity index is 1.76. The van der Waals surface area contributed by atoms with Crippen LogP contribution >= 0.6 is 0 Å². The molecule has 1 aromatic rings. The lowest BCUT2D eigenvalue weighted by molar-refractivity contribution is -0.127. The van der Waals surface area contributed by atoms with Crippen LogP contribution < -0.4 is 10.2 Å². The molecule has 0 radical (unpaired) electrons. The van der Waals surface area contributed by atoms with E-state index in [1.165, 1.54) is 29.7 Å². The van der Waals surface area contributed by atoms with Gasteiger partial charge in [-0.2, -0.15) is 5.26 Å². The van der Waals surface area contributed by atoms with Gasteiger partial charge in [0, 0.05) is 30.0 Å². The number of anilines is 1. The summed E-state index contributed by atoms with van der Waals surface area (Å²) in [5.74, 6) is 0.119. The van der Waals surface area contributed by atoms with Crippen molar-refractivity contribution in [1.82, 2.24) is 10.2 Å². The molecule has 2 saturated carbocycles. The van der Waals surface area contributed by atoms with Gasteiger partial charge in [-0.1, -0.05) is 43.5 Å². The van der Waals surface area contributed by atoms with Crippen LogP contribution in [0.15, 0.2) is 53.2 Å². The Kier molecular flexibility index (Phi) is 8.58. The highest BCUT2D eigenvalue weighted by molar-refractivity contribution is 6.05. The van der Waals surface area contributed by atoms with Gasteiger partial charge in [0.15, 0.2) is 6.19 Å². The van der Waals surface area contributed by atoms with E-state index in [1.807, 2.05) is 31.2 Å². The second-order valence-electron chi connectivity index (χ2n) is 10.1. The molecule has 1 N–H and O–H groups in total. The van der Waals surface area contributed by atoms with Crippen molar-refractivity contribution >= 4 is 24.2 Å². The summed E-state index contributed by atoms with van der Waals surface area (Å²) >= 11 is 0. The molecule has 2 atom stereocenters. The number of nitriles is 1. The van der Waals surface area contributed by atoms with E-state index in [1.54, 1.807) is 11.1 Å². The summed E-state index contributed by atoms with van der Waals surface area (Å²) in [5, 5.41) is 12.9. The van der Waals surface area contributed by atoms with E-state index in [9.17, 15) is 14.9 Å². The maximum absolute atomic E-state index is 14.2. The van der Waals surface area contributed by atoms with Gasteiger partial charge >= 0.3 is 0 Å². The van der Waals surface area contributed by atoms with Crippen molar-refractivity contribution in [3.05, 3.63) is 53.8 Å². The summed E-state index contributed by atoms with van der Waals surface area (Å²) in [4.78, 5) is 35.2. The summed E-state index contributed by atoms with van der Waals surface area (Å²) in [7, 11) is 0. The number of hydrogen-bond acceptors (Lipinski definition) is 5. The second kappa shape index (κ2) is 12.0. The number of hydrogen-bond donors (Lipinski definition) is 1. The van der Waals surface area contributed by atoms with Gasteiger partial charge in [-0.15, -0.1) is 0 Å². The number of rotatable bonds is 9. The smallest absolute Gasteiger partial charge is 0.251 e. The number of benzene rings is 1. The minimum atomic E-state index is -0.922. The van der Waals surface area contributed by atoms with Gasteiger partial charge in [-0.25, -0.2) is 0 Å². The third kappa shape index (κ3) is 5.87. The first kappa shape index (κ1) is 25.7. The SMILES string of the molecule is C=N/C=C(\C=C/C)C(C(=O)NC1CCCCC1)N(C(=O)C1CCCN1C#N)c1ccc(C2CC2)cc1. The summed E-state index contributed by atoms with van der Waals surface area (Å²) in [5.41, 5.74) is 2.49. The highest BCUT2D eigenvalue weighted by Gasteiger charge is 2.41. The molecule has 0 bridgehead atoms. The number of carbonyl (C=O) groups excluding carboxylic acids is 2. The lowest BCUT2D eigenvalue weighted by atomic mass is 9.94. The average Bonchev–Trinajstić information content (AvgIpc) is 3.64. The zero-order chi connectivity index (χ0) is 25.5. The molecule has 7 heteroatoms. The number of allylic oxidation sites excluding steroid dienone is 1. The van der Waals surface area contributed by atoms with Crippen LogP contribution in [0.5, 0.6) is 0 Å². The van der Waals surface area contributed by atoms with E-state index in [2.05, 4.69) is 35.4 Å². The molecule has 1 aromatic carbocycles. The lowest BCUT2D eigenvalue weighted by Gasteiger charge is -2.36. The fourth-order valence-electron chi connectivity index (χ4n) is 5.48. The van der Waals surface area contributed by atoms with Crippen molar-refractivity contribution in [2.75, 3.05) is 11.4 Å². The molecule has 2 aliphatic carbocycles. The van der Waals surface area contributed by atoms with E-state index in [0.717, 1.165) is 32.1 Å². The van der Waals surface area contributed by atoms with Crippen molar-refractivity contribution in [2.24, 2.45) is 4.99 Å². The fourth-order valence-corrected chi connectivity index (χ4v) is 5.48. The summed E-state index contributed by atoms with van der Waals surface area (Å²) in [6.07, 6.45) is 16.4.